The van der Waals surface area contributed by atoms with Crippen molar-refractivity contribution in [3.63, 3.8) is 0 Å². The van der Waals surface area contributed by atoms with E-state index in [4.69, 9.17) is 20.0 Å². The molecule has 0 bridgehead atoms. The predicted molar refractivity (Wildman–Crippen MR) is 73.2 cm³/mol. The molecule has 2 aromatic rings. The van der Waals surface area contributed by atoms with E-state index >= 15 is 0 Å². The zero-order valence-electron chi connectivity index (χ0n) is 11.3. The molecule has 21 heavy (non-hydrogen) atoms. The third-order valence-corrected chi connectivity index (χ3v) is 2.84. The van der Waals surface area contributed by atoms with Crippen molar-refractivity contribution in [1.29, 1.82) is 10.5 Å². The summed E-state index contributed by atoms with van der Waals surface area (Å²) in [5.74, 6) is 0.284. The monoisotopic (exact) mass is 282 g/mol. The minimum Gasteiger partial charge on any atom is -0.497 e. The molecule has 5 heteroatoms. The number of hydrogen-bond donors (Lipinski definition) is 0. The Morgan fingerprint density at radius 3 is 2.52 bits per heavy atom. The van der Waals surface area contributed by atoms with Crippen LogP contribution in [0.3, 0.4) is 0 Å². The fourth-order valence-electron chi connectivity index (χ4n) is 1.78. The van der Waals surface area contributed by atoms with Crippen molar-refractivity contribution in [2.24, 2.45) is 0 Å². The summed E-state index contributed by atoms with van der Waals surface area (Å²) in [4.78, 5) is 0. The summed E-state index contributed by atoms with van der Waals surface area (Å²) in [6, 6.07) is 13.0. The van der Waals surface area contributed by atoms with Crippen molar-refractivity contribution >= 4 is 0 Å². The van der Waals surface area contributed by atoms with Crippen LogP contribution < -0.4 is 9.47 Å². The lowest BCUT2D eigenvalue weighted by Crippen LogP contribution is -2.00. The van der Waals surface area contributed by atoms with Gasteiger partial charge in [-0.1, -0.05) is 12.1 Å². The van der Waals surface area contributed by atoms with Crippen LogP contribution in [0.25, 0.3) is 0 Å². The first-order chi connectivity index (χ1) is 10.2. The number of hydrogen-bond acceptors (Lipinski definition) is 4. The molecule has 0 aromatic heterocycles. The van der Waals surface area contributed by atoms with Gasteiger partial charge < -0.3 is 9.47 Å². The van der Waals surface area contributed by atoms with Gasteiger partial charge in [0.1, 0.15) is 30.0 Å². The highest BCUT2D eigenvalue weighted by molar-refractivity contribution is 5.44. The molecule has 0 unspecified atom stereocenters. The molecule has 0 amide bonds. The van der Waals surface area contributed by atoms with Crippen LogP contribution >= 0.6 is 0 Å². The van der Waals surface area contributed by atoms with Crippen LogP contribution in [0.4, 0.5) is 4.39 Å². The molecule has 0 spiro atoms. The third kappa shape index (κ3) is 3.29. The second-order valence-corrected chi connectivity index (χ2v) is 4.19. The number of rotatable bonds is 4. The fraction of sp³-hybridized carbons (Fsp3) is 0.125. The molecule has 0 aliphatic carbocycles. The number of nitrogens with zero attached hydrogens (tertiary/aromatic N) is 2. The molecule has 0 saturated heterocycles. The van der Waals surface area contributed by atoms with Crippen molar-refractivity contribution < 1.29 is 13.9 Å². The van der Waals surface area contributed by atoms with E-state index in [1.807, 2.05) is 6.07 Å². The normalized spacial score (nSPS) is 9.52. The van der Waals surface area contributed by atoms with E-state index in [-0.39, 0.29) is 17.7 Å². The van der Waals surface area contributed by atoms with Gasteiger partial charge in [-0.3, -0.25) is 0 Å². The van der Waals surface area contributed by atoms with E-state index in [1.54, 1.807) is 30.3 Å². The summed E-state index contributed by atoms with van der Waals surface area (Å²) in [6.45, 7) is -0.0423. The molecule has 0 saturated carbocycles. The average molecular weight is 282 g/mol. The van der Waals surface area contributed by atoms with Gasteiger partial charge in [0.15, 0.2) is 0 Å². The minimum atomic E-state index is -0.594. The highest BCUT2D eigenvalue weighted by Crippen LogP contribution is 2.23. The lowest BCUT2D eigenvalue weighted by Gasteiger charge is -2.09. The number of methoxy groups -OCH3 is 1. The number of halogens is 1. The number of benzene rings is 2. The molecule has 4 nitrogen and oxygen atoms in total. The summed E-state index contributed by atoms with van der Waals surface area (Å²) in [5.41, 5.74) is 0.630. The summed E-state index contributed by atoms with van der Waals surface area (Å²) >= 11 is 0. The highest BCUT2D eigenvalue weighted by atomic mass is 19.1. The highest BCUT2D eigenvalue weighted by Gasteiger charge is 2.09. The first kappa shape index (κ1) is 14.4. The van der Waals surface area contributed by atoms with Gasteiger partial charge in [0.25, 0.3) is 0 Å². The summed E-state index contributed by atoms with van der Waals surface area (Å²) < 4.78 is 24.4. The van der Waals surface area contributed by atoms with Crippen LogP contribution in [0.5, 0.6) is 11.5 Å². The summed E-state index contributed by atoms with van der Waals surface area (Å²) in [7, 11) is 1.48. The SMILES string of the molecule is COc1cc(C#N)cc(OCc2cccc(C#N)c2F)c1. The quantitative estimate of drug-likeness (QED) is 0.864. The van der Waals surface area contributed by atoms with Crippen LogP contribution in [-0.2, 0) is 6.61 Å². The fourth-order valence-corrected chi connectivity index (χ4v) is 1.78. The van der Waals surface area contributed by atoms with E-state index in [0.29, 0.717) is 17.1 Å². The Labute approximate surface area is 121 Å². The predicted octanol–water partition coefficient (Wildman–Crippen LogP) is 3.16. The van der Waals surface area contributed by atoms with E-state index in [2.05, 4.69) is 0 Å². The van der Waals surface area contributed by atoms with E-state index in [1.165, 1.54) is 19.2 Å². The lowest BCUT2D eigenvalue weighted by molar-refractivity contribution is 0.297. The van der Waals surface area contributed by atoms with Gasteiger partial charge in [-0.2, -0.15) is 10.5 Å². The van der Waals surface area contributed by atoms with Crippen LogP contribution in [-0.4, -0.2) is 7.11 Å². The van der Waals surface area contributed by atoms with Gasteiger partial charge in [-0.15, -0.1) is 0 Å². The van der Waals surface area contributed by atoms with Crippen LogP contribution in [0, 0.1) is 28.5 Å². The molecule has 2 rings (SSSR count). The van der Waals surface area contributed by atoms with E-state index < -0.39 is 5.82 Å². The molecule has 0 radical (unpaired) electrons. The van der Waals surface area contributed by atoms with Crippen LogP contribution in [0.15, 0.2) is 36.4 Å². The molecule has 0 fully saturated rings. The third-order valence-electron chi connectivity index (χ3n) is 2.84. The van der Waals surface area contributed by atoms with Crippen molar-refractivity contribution in [2.75, 3.05) is 7.11 Å². The Bertz CT molecular complexity index is 745. The number of ether oxygens (including phenoxy) is 2. The van der Waals surface area contributed by atoms with Gasteiger partial charge in [0, 0.05) is 11.6 Å². The van der Waals surface area contributed by atoms with Crippen molar-refractivity contribution in [2.45, 2.75) is 6.61 Å². The zero-order valence-corrected chi connectivity index (χ0v) is 11.3. The second-order valence-electron chi connectivity index (χ2n) is 4.19. The largest absolute Gasteiger partial charge is 0.497 e. The van der Waals surface area contributed by atoms with Crippen molar-refractivity contribution in [3.05, 3.63) is 58.9 Å². The Balaban J connectivity index is 2.21. The molecule has 0 aliphatic heterocycles. The first-order valence-electron chi connectivity index (χ1n) is 6.07. The van der Waals surface area contributed by atoms with Gasteiger partial charge in [-0.25, -0.2) is 4.39 Å². The maximum atomic E-state index is 13.9. The van der Waals surface area contributed by atoms with Crippen LogP contribution in [0.1, 0.15) is 16.7 Å². The van der Waals surface area contributed by atoms with Gasteiger partial charge >= 0.3 is 0 Å². The maximum Gasteiger partial charge on any atom is 0.147 e. The Kier molecular flexibility index (Phi) is 4.38. The van der Waals surface area contributed by atoms with Gasteiger partial charge in [-0.05, 0) is 18.2 Å². The minimum absolute atomic E-state index is 0.0283. The number of nitriles is 2. The van der Waals surface area contributed by atoms with Gasteiger partial charge in [0.05, 0.1) is 24.3 Å². The molecule has 104 valence electrons. The summed E-state index contributed by atoms with van der Waals surface area (Å²) in [6.07, 6.45) is 0. The van der Waals surface area contributed by atoms with Gasteiger partial charge in [0.2, 0.25) is 0 Å². The lowest BCUT2D eigenvalue weighted by atomic mass is 10.1. The molecule has 0 aliphatic rings. The molecule has 2 aromatic carbocycles. The average Bonchev–Trinajstić information content (AvgIpc) is 2.53. The molecule has 0 heterocycles. The smallest absolute Gasteiger partial charge is 0.147 e. The topological polar surface area (TPSA) is 66.0 Å². The zero-order chi connectivity index (χ0) is 15.2. The maximum absolute atomic E-state index is 13.9. The first-order valence-corrected chi connectivity index (χ1v) is 6.07. The van der Waals surface area contributed by atoms with E-state index in [0.717, 1.165) is 0 Å². The summed E-state index contributed by atoms with van der Waals surface area (Å²) in [5, 5.41) is 17.7. The van der Waals surface area contributed by atoms with Crippen molar-refractivity contribution in [1.82, 2.24) is 0 Å². The molecular formula is C16H11FN2O2. The van der Waals surface area contributed by atoms with Crippen molar-refractivity contribution in [3.8, 4) is 23.6 Å². The Morgan fingerprint density at radius 1 is 1.10 bits per heavy atom. The second kappa shape index (κ2) is 6.40. The van der Waals surface area contributed by atoms with E-state index in [9.17, 15) is 4.39 Å². The molecular weight excluding hydrogens is 271 g/mol. The molecule has 0 N–H and O–H groups in total. The Hall–Kier alpha value is -3.05. The standard InChI is InChI=1S/C16H11FN2O2/c1-20-14-5-11(8-18)6-15(7-14)21-10-13-4-2-3-12(9-19)16(13)17/h2-7H,10H2,1H3. The van der Waals surface area contributed by atoms with Crippen LogP contribution in [0.2, 0.25) is 0 Å². The Morgan fingerprint density at radius 2 is 1.86 bits per heavy atom. The molecule has 0 atom stereocenters.